The van der Waals surface area contributed by atoms with E-state index in [1.165, 1.54) is 0 Å². The number of nitrogens with one attached hydrogen (secondary N) is 1. The Morgan fingerprint density at radius 1 is 1.30 bits per heavy atom. The highest BCUT2D eigenvalue weighted by atomic mass is 79.9. The minimum absolute atomic E-state index is 0.229. The standard InChI is InChI=1S/C15H24BrNO3/c1-11(2)7-17-8-12-6-13(16)4-5-15(12)20-10-14(18)9-19-3/h4-6,11,14,17-18H,7-10H2,1-3H3. The quantitative estimate of drug-likeness (QED) is 0.722. The zero-order chi connectivity index (χ0) is 15.0. The summed E-state index contributed by atoms with van der Waals surface area (Å²) >= 11 is 3.47. The molecule has 5 heteroatoms. The van der Waals surface area contributed by atoms with Crippen LogP contribution < -0.4 is 10.1 Å². The van der Waals surface area contributed by atoms with Crippen molar-refractivity contribution in [2.24, 2.45) is 5.92 Å². The molecule has 0 bridgehead atoms. The maximum Gasteiger partial charge on any atom is 0.124 e. The molecule has 0 amide bonds. The molecule has 0 spiro atoms. The Balaban J connectivity index is 2.59. The SMILES string of the molecule is COCC(O)COc1ccc(Br)cc1CNCC(C)C. The van der Waals surface area contributed by atoms with Crippen molar-refractivity contribution in [3.05, 3.63) is 28.2 Å². The molecule has 0 saturated heterocycles. The molecule has 1 atom stereocenters. The van der Waals surface area contributed by atoms with Crippen LogP contribution in [0.15, 0.2) is 22.7 Å². The molecule has 0 heterocycles. The van der Waals surface area contributed by atoms with Crippen LogP contribution in [0.1, 0.15) is 19.4 Å². The minimum Gasteiger partial charge on any atom is -0.490 e. The van der Waals surface area contributed by atoms with E-state index in [2.05, 4.69) is 35.1 Å². The first kappa shape index (κ1) is 17.4. The maximum absolute atomic E-state index is 9.63. The van der Waals surface area contributed by atoms with E-state index in [1.54, 1.807) is 7.11 Å². The van der Waals surface area contributed by atoms with Crippen molar-refractivity contribution in [1.82, 2.24) is 5.32 Å². The Morgan fingerprint density at radius 2 is 2.05 bits per heavy atom. The van der Waals surface area contributed by atoms with Gasteiger partial charge in [-0.05, 0) is 30.7 Å². The summed E-state index contributed by atoms with van der Waals surface area (Å²) in [6, 6.07) is 5.88. The monoisotopic (exact) mass is 345 g/mol. The summed E-state index contributed by atoms with van der Waals surface area (Å²) in [5.74, 6) is 1.40. The predicted octanol–water partition coefficient (Wildman–Crippen LogP) is 2.58. The van der Waals surface area contributed by atoms with Crippen molar-refractivity contribution in [2.75, 3.05) is 26.9 Å². The molecule has 0 fully saturated rings. The van der Waals surface area contributed by atoms with Crippen LogP contribution in [0.5, 0.6) is 5.75 Å². The van der Waals surface area contributed by atoms with Crippen LogP contribution in [0.4, 0.5) is 0 Å². The van der Waals surface area contributed by atoms with Crippen LogP contribution in [0.3, 0.4) is 0 Å². The maximum atomic E-state index is 9.63. The molecule has 4 nitrogen and oxygen atoms in total. The third-order valence-corrected chi connectivity index (χ3v) is 3.17. The van der Waals surface area contributed by atoms with Crippen LogP contribution in [0.2, 0.25) is 0 Å². The lowest BCUT2D eigenvalue weighted by molar-refractivity contribution is 0.0323. The molecule has 0 saturated carbocycles. The van der Waals surface area contributed by atoms with Gasteiger partial charge in [-0.1, -0.05) is 29.8 Å². The number of halogens is 1. The smallest absolute Gasteiger partial charge is 0.124 e. The van der Waals surface area contributed by atoms with Gasteiger partial charge in [0.2, 0.25) is 0 Å². The summed E-state index contributed by atoms with van der Waals surface area (Å²) in [5.41, 5.74) is 1.07. The van der Waals surface area contributed by atoms with Crippen LogP contribution >= 0.6 is 15.9 Å². The summed E-state index contributed by atoms with van der Waals surface area (Å²) in [4.78, 5) is 0. The first-order valence-electron chi connectivity index (χ1n) is 6.82. The molecule has 0 aliphatic rings. The van der Waals surface area contributed by atoms with Gasteiger partial charge in [-0.25, -0.2) is 0 Å². The first-order chi connectivity index (χ1) is 9.52. The van der Waals surface area contributed by atoms with E-state index in [0.717, 1.165) is 28.9 Å². The predicted molar refractivity (Wildman–Crippen MR) is 84.1 cm³/mol. The highest BCUT2D eigenvalue weighted by Crippen LogP contribution is 2.23. The van der Waals surface area contributed by atoms with Gasteiger partial charge in [0.15, 0.2) is 0 Å². The fourth-order valence-corrected chi connectivity index (χ4v) is 2.16. The summed E-state index contributed by atoms with van der Waals surface area (Å²) in [6.07, 6.45) is -0.611. The highest BCUT2D eigenvalue weighted by Gasteiger charge is 2.09. The van der Waals surface area contributed by atoms with E-state index in [0.29, 0.717) is 5.92 Å². The molecule has 114 valence electrons. The van der Waals surface area contributed by atoms with E-state index >= 15 is 0 Å². The molecule has 0 radical (unpaired) electrons. The van der Waals surface area contributed by atoms with Crippen molar-refractivity contribution < 1.29 is 14.6 Å². The van der Waals surface area contributed by atoms with E-state index in [-0.39, 0.29) is 13.2 Å². The molecular weight excluding hydrogens is 322 g/mol. The Morgan fingerprint density at radius 3 is 2.70 bits per heavy atom. The number of hydrogen-bond donors (Lipinski definition) is 2. The van der Waals surface area contributed by atoms with E-state index in [1.807, 2.05) is 18.2 Å². The summed E-state index contributed by atoms with van der Waals surface area (Å²) in [5, 5.41) is 13.0. The minimum atomic E-state index is -0.611. The highest BCUT2D eigenvalue weighted by molar-refractivity contribution is 9.10. The summed E-state index contributed by atoms with van der Waals surface area (Å²) in [7, 11) is 1.56. The van der Waals surface area contributed by atoms with Gasteiger partial charge in [-0.15, -0.1) is 0 Å². The zero-order valence-electron chi connectivity index (χ0n) is 12.4. The topological polar surface area (TPSA) is 50.7 Å². The van der Waals surface area contributed by atoms with Crippen LogP contribution in [-0.2, 0) is 11.3 Å². The van der Waals surface area contributed by atoms with E-state index in [9.17, 15) is 5.11 Å². The average Bonchev–Trinajstić information content (AvgIpc) is 2.37. The van der Waals surface area contributed by atoms with Crippen LogP contribution in [0, 0.1) is 5.92 Å². The number of aliphatic hydroxyl groups is 1. The molecule has 0 aromatic heterocycles. The first-order valence-corrected chi connectivity index (χ1v) is 7.61. The number of benzene rings is 1. The fraction of sp³-hybridized carbons (Fsp3) is 0.600. The van der Waals surface area contributed by atoms with Gasteiger partial charge in [-0.3, -0.25) is 0 Å². The van der Waals surface area contributed by atoms with Crippen molar-refractivity contribution in [3.63, 3.8) is 0 Å². The molecule has 1 rings (SSSR count). The molecule has 0 aliphatic heterocycles. The molecule has 20 heavy (non-hydrogen) atoms. The van der Waals surface area contributed by atoms with Gasteiger partial charge in [0.05, 0.1) is 6.61 Å². The molecule has 1 unspecified atom stereocenters. The normalized spacial score (nSPS) is 12.7. The molecule has 1 aromatic carbocycles. The van der Waals surface area contributed by atoms with Crippen molar-refractivity contribution >= 4 is 15.9 Å². The Hall–Kier alpha value is -0.620. The third-order valence-electron chi connectivity index (χ3n) is 2.68. The van der Waals surface area contributed by atoms with Gasteiger partial charge >= 0.3 is 0 Å². The largest absolute Gasteiger partial charge is 0.490 e. The lowest BCUT2D eigenvalue weighted by atomic mass is 10.2. The van der Waals surface area contributed by atoms with E-state index in [4.69, 9.17) is 9.47 Å². The molecule has 1 aromatic rings. The van der Waals surface area contributed by atoms with Crippen LogP contribution in [-0.4, -0.2) is 38.1 Å². The van der Waals surface area contributed by atoms with Crippen LogP contribution in [0.25, 0.3) is 0 Å². The van der Waals surface area contributed by atoms with Gasteiger partial charge in [0.25, 0.3) is 0 Å². The zero-order valence-corrected chi connectivity index (χ0v) is 13.9. The lowest BCUT2D eigenvalue weighted by Gasteiger charge is -2.16. The molecular formula is C15H24BrNO3. The summed E-state index contributed by atoms with van der Waals surface area (Å²) < 4.78 is 11.6. The van der Waals surface area contributed by atoms with Crippen molar-refractivity contribution in [3.8, 4) is 5.75 Å². The number of ether oxygens (including phenoxy) is 2. The fourth-order valence-electron chi connectivity index (χ4n) is 1.75. The second kappa shape index (κ2) is 9.34. The van der Waals surface area contributed by atoms with Crippen molar-refractivity contribution in [2.45, 2.75) is 26.5 Å². The third kappa shape index (κ3) is 6.70. The molecule has 0 aliphatic carbocycles. The Bertz CT molecular complexity index is 399. The number of hydrogen-bond acceptors (Lipinski definition) is 4. The Labute approximate surface area is 129 Å². The van der Waals surface area contributed by atoms with Gasteiger partial charge in [0.1, 0.15) is 18.5 Å². The lowest BCUT2D eigenvalue weighted by Crippen LogP contribution is -2.24. The summed E-state index contributed by atoms with van der Waals surface area (Å²) in [6.45, 7) is 6.55. The van der Waals surface area contributed by atoms with Crippen molar-refractivity contribution in [1.29, 1.82) is 0 Å². The Kier molecular flexibility index (Phi) is 8.14. The number of aliphatic hydroxyl groups excluding tert-OH is 1. The van der Waals surface area contributed by atoms with Gasteiger partial charge in [-0.2, -0.15) is 0 Å². The second-order valence-corrected chi connectivity index (χ2v) is 6.11. The van der Waals surface area contributed by atoms with Gasteiger partial charge in [0, 0.05) is 23.7 Å². The molecule has 2 N–H and O–H groups in total. The number of rotatable bonds is 9. The van der Waals surface area contributed by atoms with Gasteiger partial charge < -0.3 is 19.9 Å². The average molecular weight is 346 g/mol. The van der Waals surface area contributed by atoms with E-state index < -0.39 is 6.10 Å². The number of methoxy groups -OCH3 is 1. The second-order valence-electron chi connectivity index (χ2n) is 5.20.